The van der Waals surface area contributed by atoms with Crippen molar-refractivity contribution in [3.63, 3.8) is 0 Å². The highest BCUT2D eigenvalue weighted by atomic mass is 19.3. The number of nitrogens with one attached hydrogen (secondary N) is 1. The van der Waals surface area contributed by atoms with E-state index in [1.807, 2.05) is 0 Å². The molecule has 0 saturated heterocycles. The molecule has 0 bridgehead atoms. The number of alkyl halides is 2. The predicted octanol–water partition coefficient (Wildman–Crippen LogP) is 2.89. The van der Waals surface area contributed by atoms with E-state index in [0.717, 1.165) is 5.69 Å². The van der Waals surface area contributed by atoms with Crippen LogP contribution >= 0.6 is 0 Å². The van der Waals surface area contributed by atoms with Gasteiger partial charge in [0.15, 0.2) is 0 Å². The lowest BCUT2D eigenvalue weighted by Crippen LogP contribution is -2.15. The van der Waals surface area contributed by atoms with Gasteiger partial charge in [-0.05, 0) is 26.0 Å². The van der Waals surface area contributed by atoms with Gasteiger partial charge in [-0.15, -0.1) is 0 Å². The first-order valence-corrected chi connectivity index (χ1v) is 6.25. The molecule has 0 atom stereocenters. The van der Waals surface area contributed by atoms with Gasteiger partial charge in [0.25, 0.3) is 5.91 Å². The van der Waals surface area contributed by atoms with E-state index in [2.05, 4.69) is 15.2 Å². The average molecular weight is 295 g/mol. The van der Waals surface area contributed by atoms with Gasteiger partial charge in [-0.2, -0.15) is 13.9 Å². The van der Waals surface area contributed by atoms with Crippen molar-refractivity contribution < 1.29 is 18.3 Å². The fourth-order valence-corrected chi connectivity index (χ4v) is 1.99. The van der Waals surface area contributed by atoms with E-state index in [1.165, 1.54) is 18.2 Å². The molecule has 1 amide bonds. The largest absolute Gasteiger partial charge is 0.434 e. The van der Waals surface area contributed by atoms with E-state index in [-0.39, 0.29) is 11.3 Å². The molecule has 2 aromatic rings. The molecular weight excluding hydrogens is 280 g/mol. The monoisotopic (exact) mass is 295 g/mol. The second-order valence-electron chi connectivity index (χ2n) is 4.50. The molecule has 112 valence electrons. The predicted molar refractivity (Wildman–Crippen MR) is 73.7 cm³/mol. The highest BCUT2D eigenvalue weighted by Gasteiger charge is 2.18. The fourth-order valence-electron chi connectivity index (χ4n) is 1.99. The van der Waals surface area contributed by atoms with E-state index < -0.39 is 12.5 Å². The Kier molecular flexibility index (Phi) is 4.21. The summed E-state index contributed by atoms with van der Waals surface area (Å²) in [6.45, 7) is 0.572. The first-order chi connectivity index (χ1) is 9.90. The molecular formula is C14H15F2N3O2. The Labute approximate surface area is 120 Å². The summed E-state index contributed by atoms with van der Waals surface area (Å²) in [7, 11) is 1.76. The lowest BCUT2D eigenvalue weighted by molar-refractivity contribution is -0.0501. The smallest absolute Gasteiger partial charge is 0.387 e. The van der Waals surface area contributed by atoms with Crippen LogP contribution in [0, 0.1) is 13.8 Å². The Morgan fingerprint density at radius 2 is 2.00 bits per heavy atom. The van der Waals surface area contributed by atoms with Crippen LogP contribution < -0.4 is 10.1 Å². The van der Waals surface area contributed by atoms with Crippen LogP contribution in [0.2, 0.25) is 0 Å². The number of aryl methyl sites for hydroxylation is 2. The van der Waals surface area contributed by atoms with Crippen LogP contribution in [0.4, 0.5) is 14.5 Å². The molecule has 1 aromatic heterocycles. The minimum absolute atomic E-state index is 0.0421. The van der Waals surface area contributed by atoms with Crippen LogP contribution in [0.1, 0.15) is 21.7 Å². The van der Waals surface area contributed by atoms with Gasteiger partial charge in [-0.3, -0.25) is 9.48 Å². The molecule has 0 fully saturated rings. The molecule has 1 N–H and O–H groups in total. The van der Waals surface area contributed by atoms with Crippen molar-refractivity contribution in [3.8, 4) is 5.75 Å². The van der Waals surface area contributed by atoms with E-state index in [0.29, 0.717) is 11.4 Å². The lowest BCUT2D eigenvalue weighted by atomic mass is 10.2. The maximum atomic E-state index is 12.4. The molecule has 0 spiro atoms. The topological polar surface area (TPSA) is 56.2 Å². The Hall–Kier alpha value is -2.44. The van der Waals surface area contributed by atoms with Crippen molar-refractivity contribution in [3.05, 3.63) is 41.2 Å². The first kappa shape index (κ1) is 15.0. The van der Waals surface area contributed by atoms with Crippen molar-refractivity contribution in [2.24, 2.45) is 7.05 Å². The van der Waals surface area contributed by atoms with E-state index in [9.17, 15) is 13.6 Å². The Bertz CT molecular complexity index is 668. The Morgan fingerprint density at radius 3 is 2.57 bits per heavy atom. The number of aromatic nitrogens is 2. The molecule has 0 saturated carbocycles. The molecule has 7 heteroatoms. The number of hydrogen-bond acceptors (Lipinski definition) is 3. The van der Waals surface area contributed by atoms with E-state index in [1.54, 1.807) is 31.6 Å². The van der Waals surface area contributed by atoms with Crippen LogP contribution in [0.25, 0.3) is 0 Å². The molecule has 0 radical (unpaired) electrons. The number of amides is 1. The third-order valence-corrected chi connectivity index (χ3v) is 3.10. The Balaban J connectivity index is 2.29. The van der Waals surface area contributed by atoms with Crippen molar-refractivity contribution in [1.29, 1.82) is 0 Å². The van der Waals surface area contributed by atoms with Crippen LogP contribution in [-0.2, 0) is 7.05 Å². The fraction of sp³-hybridized carbons (Fsp3) is 0.286. The summed E-state index contributed by atoms with van der Waals surface area (Å²) in [6.07, 6.45) is 0. The minimum atomic E-state index is -2.99. The molecule has 2 rings (SSSR count). The third kappa shape index (κ3) is 3.18. The minimum Gasteiger partial charge on any atom is -0.434 e. The number of anilines is 1. The Morgan fingerprint density at radius 1 is 1.33 bits per heavy atom. The molecule has 21 heavy (non-hydrogen) atoms. The summed E-state index contributed by atoms with van der Waals surface area (Å²) in [5.41, 5.74) is 2.03. The summed E-state index contributed by atoms with van der Waals surface area (Å²) >= 11 is 0. The molecule has 1 aromatic carbocycles. The first-order valence-electron chi connectivity index (χ1n) is 6.25. The van der Waals surface area contributed by atoms with Crippen LogP contribution in [0.5, 0.6) is 5.75 Å². The maximum Gasteiger partial charge on any atom is 0.387 e. The van der Waals surface area contributed by atoms with E-state index >= 15 is 0 Å². The number of halogens is 2. The maximum absolute atomic E-state index is 12.4. The van der Waals surface area contributed by atoms with Crippen molar-refractivity contribution in [2.75, 3.05) is 5.32 Å². The zero-order valence-corrected chi connectivity index (χ0v) is 11.9. The van der Waals surface area contributed by atoms with Gasteiger partial charge in [0, 0.05) is 7.05 Å². The zero-order chi connectivity index (χ0) is 15.6. The highest BCUT2D eigenvalue weighted by molar-refractivity contribution is 6.06. The van der Waals surface area contributed by atoms with Gasteiger partial charge in [-0.25, -0.2) is 0 Å². The van der Waals surface area contributed by atoms with Crippen LogP contribution in [0.15, 0.2) is 24.3 Å². The number of benzene rings is 1. The van der Waals surface area contributed by atoms with Gasteiger partial charge in [0.1, 0.15) is 5.75 Å². The standard InChI is InChI=1S/C14H15F2N3O2/c1-8-12(9(2)19(3)18-8)17-13(20)10-6-4-5-7-11(10)21-14(15)16/h4-7,14H,1-3H3,(H,17,20). The molecule has 1 heterocycles. The van der Waals surface area contributed by atoms with E-state index in [4.69, 9.17) is 0 Å². The van der Waals surface area contributed by atoms with Gasteiger partial charge in [0.2, 0.25) is 0 Å². The number of nitrogens with zero attached hydrogens (tertiary/aromatic N) is 2. The van der Waals surface area contributed by atoms with Crippen LogP contribution in [0.3, 0.4) is 0 Å². The third-order valence-electron chi connectivity index (χ3n) is 3.10. The molecule has 0 aliphatic carbocycles. The summed E-state index contributed by atoms with van der Waals surface area (Å²) in [5.74, 6) is -0.686. The summed E-state index contributed by atoms with van der Waals surface area (Å²) in [5, 5.41) is 6.86. The van der Waals surface area contributed by atoms with Crippen LogP contribution in [-0.4, -0.2) is 22.3 Å². The number of rotatable bonds is 4. The molecule has 0 unspecified atom stereocenters. The van der Waals surface area contributed by atoms with Crippen molar-refractivity contribution in [2.45, 2.75) is 20.5 Å². The number of carbonyl (C=O) groups is 1. The molecule has 5 nitrogen and oxygen atoms in total. The van der Waals surface area contributed by atoms with Gasteiger partial charge < -0.3 is 10.1 Å². The van der Waals surface area contributed by atoms with Gasteiger partial charge in [-0.1, -0.05) is 12.1 Å². The quantitative estimate of drug-likeness (QED) is 0.943. The summed E-state index contributed by atoms with van der Waals surface area (Å²) in [6, 6.07) is 5.85. The second kappa shape index (κ2) is 5.90. The molecule has 0 aliphatic rings. The van der Waals surface area contributed by atoms with Crippen molar-refractivity contribution in [1.82, 2.24) is 9.78 Å². The average Bonchev–Trinajstić information content (AvgIpc) is 2.65. The molecule has 0 aliphatic heterocycles. The number of para-hydroxylation sites is 1. The van der Waals surface area contributed by atoms with Gasteiger partial charge >= 0.3 is 6.61 Å². The number of carbonyl (C=O) groups excluding carboxylic acids is 1. The summed E-state index contributed by atoms with van der Waals surface area (Å²) < 4.78 is 30.7. The lowest BCUT2D eigenvalue weighted by Gasteiger charge is -2.11. The second-order valence-corrected chi connectivity index (χ2v) is 4.50. The number of ether oxygens (including phenoxy) is 1. The highest BCUT2D eigenvalue weighted by Crippen LogP contribution is 2.24. The normalized spacial score (nSPS) is 10.8. The SMILES string of the molecule is Cc1nn(C)c(C)c1NC(=O)c1ccccc1OC(F)F. The van der Waals surface area contributed by atoms with Gasteiger partial charge in [0.05, 0.1) is 22.6 Å². The summed E-state index contributed by atoms with van der Waals surface area (Å²) in [4.78, 5) is 12.3. The zero-order valence-electron chi connectivity index (χ0n) is 11.9. The van der Waals surface area contributed by atoms with Crippen molar-refractivity contribution >= 4 is 11.6 Å². The number of hydrogen-bond donors (Lipinski definition) is 1.